The van der Waals surface area contributed by atoms with Crippen molar-refractivity contribution >= 4 is 17.3 Å². The summed E-state index contributed by atoms with van der Waals surface area (Å²) >= 11 is 5.54. The zero-order valence-corrected chi connectivity index (χ0v) is 15.1. The molecule has 0 bridgehead atoms. The first-order valence-electron chi connectivity index (χ1n) is 8.64. The molecule has 3 rings (SSSR count). The van der Waals surface area contributed by atoms with E-state index in [0.29, 0.717) is 0 Å². The highest BCUT2D eigenvalue weighted by atomic mass is 32.1. The predicted octanol–water partition coefficient (Wildman–Crippen LogP) is 1.33. The Labute approximate surface area is 154 Å². The van der Waals surface area contributed by atoms with Gasteiger partial charge in [-0.25, -0.2) is 0 Å². The summed E-state index contributed by atoms with van der Waals surface area (Å²) in [7, 11) is 0. The molecule has 0 aromatic heterocycles. The van der Waals surface area contributed by atoms with Gasteiger partial charge in [0.1, 0.15) is 6.54 Å². The normalized spacial score (nSPS) is 14.8. The van der Waals surface area contributed by atoms with E-state index in [1.54, 1.807) is 4.90 Å². The lowest BCUT2D eigenvalue weighted by molar-refractivity contribution is -0.917. The molecular formula is C20H23N4S+. The standard InChI is InChI=1S/C20H22N4S/c21-14-17-6-8-19(9-7-17)16-23-10-12-24(13-11-23)20(25)22-15-18-4-2-1-3-5-18/h1-9H,10-13,15-16H2,(H,22,25)/p+1. The van der Waals surface area contributed by atoms with E-state index in [4.69, 9.17) is 17.5 Å². The van der Waals surface area contributed by atoms with Crippen LogP contribution in [0, 0.1) is 11.3 Å². The maximum absolute atomic E-state index is 8.87. The van der Waals surface area contributed by atoms with Crippen molar-refractivity contribution in [3.8, 4) is 6.07 Å². The number of hydrogen-bond donors (Lipinski definition) is 2. The molecule has 128 valence electrons. The highest BCUT2D eigenvalue weighted by Gasteiger charge is 2.21. The molecule has 2 aromatic rings. The van der Waals surface area contributed by atoms with Crippen LogP contribution >= 0.6 is 12.2 Å². The van der Waals surface area contributed by atoms with Crippen LogP contribution in [0.3, 0.4) is 0 Å². The van der Waals surface area contributed by atoms with Gasteiger partial charge in [-0.1, -0.05) is 42.5 Å². The molecule has 1 fully saturated rings. The Morgan fingerprint density at radius 1 is 1.04 bits per heavy atom. The first kappa shape index (κ1) is 17.4. The molecule has 1 saturated heterocycles. The highest BCUT2D eigenvalue weighted by Crippen LogP contribution is 2.03. The molecule has 0 saturated carbocycles. The zero-order chi connectivity index (χ0) is 17.5. The van der Waals surface area contributed by atoms with Crippen molar-refractivity contribution in [2.24, 2.45) is 0 Å². The van der Waals surface area contributed by atoms with Gasteiger partial charge in [0.2, 0.25) is 0 Å². The van der Waals surface area contributed by atoms with Crippen LogP contribution in [0.2, 0.25) is 0 Å². The molecule has 0 aliphatic carbocycles. The van der Waals surface area contributed by atoms with Crippen molar-refractivity contribution < 1.29 is 4.90 Å². The summed E-state index contributed by atoms with van der Waals surface area (Å²) in [5, 5.41) is 13.1. The largest absolute Gasteiger partial charge is 0.358 e. The molecular weight excluding hydrogens is 328 g/mol. The Morgan fingerprint density at radius 3 is 2.36 bits per heavy atom. The summed E-state index contributed by atoms with van der Waals surface area (Å²) in [6, 6.07) is 20.4. The predicted molar refractivity (Wildman–Crippen MR) is 103 cm³/mol. The van der Waals surface area contributed by atoms with E-state index in [1.165, 1.54) is 11.1 Å². The number of rotatable bonds is 4. The Morgan fingerprint density at radius 2 is 1.72 bits per heavy atom. The smallest absolute Gasteiger partial charge is 0.169 e. The molecule has 1 aliphatic rings. The summed E-state index contributed by atoms with van der Waals surface area (Å²) in [4.78, 5) is 3.83. The first-order valence-corrected chi connectivity index (χ1v) is 9.05. The number of hydrogen-bond acceptors (Lipinski definition) is 2. The maximum Gasteiger partial charge on any atom is 0.169 e. The van der Waals surface area contributed by atoms with E-state index in [1.807, 2.05) is 30.3 Å². The fourth-order valence-electron chi connectivity index (χ4n) is 3.07. The molecule has 1 aliphatic heterocycles. The molecule has 0 unspecified atom stereocenters. The SMILES string of the molecule is N#Cc1ccc(C[NH+]2CCN(C(=S)NCc3ccccc3)CC2)cc1. The topological polar surface area (TPSA) is 43.5 Å². The molecule has 4 nitrogen and oxygen atoms in total. The second-order valence-electron chi connectivity index (χ2n) is 6.37. The van der Waals surface area contributed by atoms with Crippen LogP contribution in [0.25, 0.3) is 0 Å². The Kier molecular flexibility index (Phi) is 5.99. The average molecular weight is 351 g/mol. The molecule has 0 amide bonds. The summed E-state index contributed by atoms with van der Waals surface area (Å²) in [6.07, 6.45) is 0. The molecule has 25 heavy (non-hydrogen) atoms. The number of nitrogens with zero attached hydrogens (tertiary/aromatic N) is 2. The summed E-state index contributed by atoms with van der Waals surface area (Å²) in [6.45, 7) is 5.89. The number of nitrogens with one attached hydrogen (secondary N) is 2. The van der Waals surface area contributed by atoms with E-state index in [9.17, 15) is 0 Å². The fraction of sp³-hybridized carbons (Fsp3) is 0.300. The third-order valence-electron chi connectivity index (χ3n) is 4.58. The van der Waals surface area contributed by atoms with Crippen molar-refractivity contribution in [2.75, 3.05) is 26.2 Å². The van der Waals surface area contributed by atoms with Gasteiger partial charge in [-0.15, -0.1) is 0 Å². The molecule has 1 heterocycles. The van der Waals surface area contributed by atoms with Crippen molar-refractivity contribution in [1.29, 1.82) is 5.26 Å². The summed E-state index contributed by atoms with van der Waals surface area (Å²) in [5.41, 5.74) is 3.25. The van der Waals surface area contributed by atoms with Crippen LogP contribution in [-0.4, -0.2) is 36.2 Å². The molecule has 0 spiro atoms. The van der Waals surface area contributed by atoms with Crippen molar-refractivity contribution in [2.45, 2.75) is 13.1 Å². The van der Waals surface area contributed by atoms with Crippen LogP contribution in [0.4, 0.5) is 0 Å². The molecule has 5 heteroatoms. The zero-order valence-electron chi connectivity index (χ0n) is 14.2. The molecule has 2 N–H and O–H groups in total. The van der Waals surface area contributed by atoms with Gasteiger partial charge in [-0.05, 0) is 29.9 Å². The van der Waals surface area contributed by atoms with Gasteiger partial charge in [0.05, 0.1) is 37.8 Å². The number of piperazine rings is 1. The maximum atomic E-state index is 8.87. The van der Waals surface area contributed by atoms with Gasteiger partial charge in [-0.2, -0.15) is 5.26 Å². The van der Waals surface area contributed by atoms with Crippen molar-refractivity contribution in [3.63, 3.8) is 0 Å². The molecule has 0 atom stereocenters. The highest BCUT2D eigenvalue weighted by molar-refractivity contribution is 7.80. The second-order valence-corrected chi connectivity index (χ2v) is 6.75. The number of benzene rings is 2. The van der Waals surface area contributed by atoms with E-state index in [-0.39, 0.29) is 0 Å². The number of thiocarbonyl (C=S) groups is 1. The fourth-order valence-corrected chi connectivity index (χ4v) is 3.33. The average Bonchev–Trinajstić information content (AvgIpc) is 2.68. The van der Waals surface area contributed by atoms with Crippen molar-refractivity contribution in [3.05, 3.63) is 71.3 Å². The minimum Gasteiger partial charge on any atom is -0.358 e. The quantitative estimate of drug-likeness (QED) is 0.816. The monoisotopic (exact) mass is 351 g/mol. The van der Waals surface area contributed by atoms with Gasteiger partial charge < -0.3 is 15.1 Å². The van der Waals surface area contributed by atoms with Crippen LogP contribution in [0.15, 0.2) is 54.6 Å². The van der Waals surface area contributed by atoms with Crippen LogP contribution in [0.5, 0.6) is 0 Å². The van der Waals surface area contributed by atoms with E-state index >= 15 is 0 Å². The van der Waals surface area contributed by atoms with Gasteiger partial charge >= 0.3 is 0 Å². The molecule has 2 aromatic carbocycles. The minimum atomic E-state index is 0.721. The van der Waals surface area contributed by atoms with Gasteiger partial charge in [-0.3, -0.25) is 0 Å². The Hall–Kier alpha value is -2.42. The Balaban J connectivity index is 1.43. The number of quaternary nitrogens is 1. The van der Waals surface area contributed by atoms with Crippen LogP contribution < -0.4 is 10.2 Å². The lowest BCUT2D eigenvalue weighted by Crippen LogP contribution is -3.13. The first-order chi connectivity index (χ1) is 12.2. The van der Waals surface area contributed by atoms with E-state index < -0.39 is 0 Å². The lowest BCUT2D eigenvalue weighted by atomic mass is 10.1. The Bertz CT molecular complexity index is 729. The third kappa shape index (κ3) is 5.02. The van der Waals surface area contributed by atoms with Crippen LogP contribution in [0.1, 0.15) is 16.7 Å². The summed E-state index contributed by atoms with van der Waals surface area (Å²) < 4.78 is 0. The van der Waals surface area contributed by atoms with Gasteiger partial charge in [0.25, 0.3) is 0 Å². The van der Waals surface area contributed by atoms with Crippen LogP contribution in [-0.2, 0) is 13.1 Å². The van der Waals surface area contributed by atoms with E-state index in [0.717, 1.165) is 49.9 Å². The van der Waals surface area contributed by atoms with E-state index in [2.05, 4.69) is 40.6 Å². The summed E-state index contributed by atoms with van der Waals surface area (Å²) in [5.74, 6) is 0. The third-order valence-corrected chi connectivity index (χ3v) is 4.98. The second kappa shape index (κ2) is 8.61. The lowest BCUT2D eigenvalue weighted by Gasteiger charge is -2.34. The number of nitriles is 1. The van der Waals surface area contributed by atoms with Crippen molar-refractivity contribution in [1.82, 2.24) is 10.2 Å². The van der Waals surface area contributed by atoms with Gasteiger partial charge in [0.15, 0.2) is 5.11 Å². The van der Waals surface area contributed by atoms with Gasteiger partial charge in [0, 0.05) is 12.1 Å². The minimum absolute atomic E-state index is 0.721. The molecule has 0 radical (unpaired) electrons.